The maximum Gasteiger partial charge on any atom is 0.220 e. The van der Waals surface area contributed by atoms with Crippen LogP contribution in [0.1, 0.15) is 44.9 Å². The van der Waals surface area contributed by atoms with Crippen molar-refractivity contribution in [2.45, 2.75) is 44.9 Å². The molecule has 2 aliphatic rings. The lowest BCUT2D eigenvalue weighted by molar-refractivity contribution is -0.122. The summed E-state index contributed by atoms with van der Waals surface area (Å²) in [5.74, 6) is 3.00. The summed E-state index contributed by atoms with van der Waals surface area (Å²) >= 11 is 0. The molecule has 2 bridgehead atoms. The standard InChI is InChI=1S/C19H26FNO2/c20-17-5-7-18(8-6-17)23-10-2-1-9-21-19(22)13-16-12-14-3-4-15(16)11-14/h5-8,14-16H,1-4,9-13H2,(H,21,22). The van der Waals surface area contributed by atoms with Crippen LogP contribution < -0.4 is 10.1 Å². The first-order valence-electron chi connectivity index (χ1n) is 8.86. The van der Waals surface area contributed by atoms with Crippen LogP contribution >= 0.6 is 0 Å². The lowest BCUT2D eigenvalue weighted by Crippen LogP contribution is -2.28. The van der Waals surface area contributed by atoms with Crippen LogP contribution in [0.5, 0.6) is 5.75 Å². The van der Waals surface area contributed by atoms with E-state index in [-0.39, 0.29) is 11.7 Å². The Balaban J connectivity index is 1.22. The molecule has 1 aromatic rings. The van der Waals surface area contributed by atoms with Crippen LogP contribution in [0.4, 0.5) is 4.39 Å². The SMILES string of the molecule is O=C(CC1CC2CCC1C2)NCCCCOc1ccc(F)cc1. The van der Waals surface area contributed by atoms with E-state index in [2.05, 4.69) is 5.32 Å². The molecule has 1 aromatic carbocycles. The third kappa shape index (κ3) is 4.69. The molecule has 126 valence electrons. The van der Waals surface area contributed by atoms with Gasteiger partial charge in [-0.15, -0.1) is 0 Å². The zero-order chi connectivity index (χ0) is 16.1. The number of ether oxygens (including phenoxy) is 1. The van der Waals surface area contributed by atoms with Crippen LogP contribution in [-0.2, 0) is 4.79 Å². The number of rotatable bonds is 8. The van der Waals surface area contributed by atoms with Gasteiger partial charge in [-0.05, 0) is 74.1 Å². The van der Waals surface area contributed by atoms with Crippen molar-refractivity contribution >= 4 is 5.91 Å². The van der Waals surface area contributed by atoms with E-state index in [1.54, 1.807) is 12.1 Å². The molecule has 0 aliphatic heterocycles. The fourth-order valence-electron chi connectivity index (χ4n) is 4.11. The third-order valence-electron chi connectivity index (χ3n) is 5.31. The number of carbonyl (C=O) groups is 1. The Labute approximate surface area is 137 Å². The summed E-state index contributed by atoms with van der Waals surface area (Å²) in [5, 5.41) is 3.03. The summed E-state index contributed by atoms with van der Waals surface area (Å²) < 4.78 is 18.3. The molecule has 2 saturated carbocycles. The van der Waals surface area contributed by atoms with Crippen LogP contribution in [0.25, 0.3) is 0 Å². The van der Waals surface area contributed by atoms with Gasteiger partial charge in [-0.3, -0.25) is 4.79 Å². The Bertz CT molecular complexity index is 517. The van der Waals surface area contributed by atoms with Crippen molar-refractivity contribution in [1.29, 1.82) is 0 Å². The molecule has 3 nitrogen and oxygen atoms in total. The second kappa shape index (κ2) is 7.80. The summed E-state index contributed by atoms with van der Waals surface area (Å²) in [7, 11) is 0. The minimum atomic E-state index is -0.254. The molecule has 0 saturated heterocycles. The highest BCUT2D eigenvalue weighted by molar-refractivity contribution is 5.76. The molecule has 3 atom stereocenters. The minimum absolute atomic E-state index is 0.210. The van der Waals surface area contributed by atoms with Crippen LogP contribution in [0.2, 0.25) is 0 Å². The number of halogens is 1. The van der Waals surface area contributed by atoms with E-state index >= 15 is 0 Å². The van der Waals surface area contributed by atoms with Crippen molar-refractivity contribution < 1.29 is 13.9 Å². The minimum Gasteiger partial charge on any atom is -0.494 e. The number of hydrogen-bond acceptors (Lipinski definition) is 2. The Morgan fingerprint density at radius 1 is 1.17 bits per heavy atom. The molecule has 4 heteroatoms. The smallest absolute Gasteiger partial charge is 0.220 e. The van der Waals surface area contributed by atoms with Gasteiger partial charge in [0.1, 0.15) is 11.6 Å². The number of carbonyl (C=O) groups excluding carboxylic acids is 1. The average Bonchev–Trinajstić information content (AvgIpc) is 3.15. The monoisotopic (exact) mass is 319 g/mol. The molecule has 1 N–H and O–H groups in total. The van der Waals surface area contributed by atoms with Crippen LogP contribution in [0, 0.1) is 23.6 Å². The zero-order valence-electron chi connectivity index (χ0n) is 13.6. The molecule has 0 radical (unpaired) electrons. The molecule has 1 amide bonds. The number of hydrogen-bond donors (Lipinski definition) is 1. The van der Waals surface area contributed by atoms with Crippen molar-refractivity contribution in [2.24, 2.45) is 17.8 Å². The number of nitrogens with one attached hydrogen (secondary N) is 1. The van der Waals surface area contributed by atoms with Gasteiger partial charge in [-0.1, -0.05) is 6.42 Å². The average molecular weight is 319 g/mol. The van der Waals surface area contributed by atoms with Gasteiger partial charge in [0.15, 0.2) is 0 Å². The van der Waals surface area contributed by atoms with Crippen LogP contribution in [0.3, 0.4) is 0 Å². The van der Waals surface area contributed by atoms with Crippen LogP contribution in [0.15, 0.2) is 24.3 Å². The van der Waals surface area contributed by atoms with Crippen molar-refractivity contribution in [3.63, 3.8) is 0 Å². The van der Waals surface area contributed by atoms with Crippen molar-refractivity contribution in [1.82, 2.24) is 5.32 Å². The third-order valence-corrected chi connectivity index (χ3v) is 5.31. The first kappa shape index (κ1) is 16.3. The quantitative estimate of drug-likeness (QED) is 0.737. The van der Waals surface area contributed by atoms with E-state index in [1.165, 1.54) is 37.8 Å². The summed E-state index contributed by atoms with van der Waals surface area (Å²) in [6, 6.07) is 6.05. The highest BCUT2D eigenvalue weighted by Gasteiger charge is 2.39. The largest absolute Gasteiger partial charge is 0.494 e. The zero-order valence-corrected chi connectivity index (χ0v) is 13.6. The summed E-state index contributed by atoms with van der Waals surface area (Å²) in [6.45, 7) is 1.31. The molecule has 0 spiro atoms. The van der Waals surface area contributed by atoms with E-state index in [1.807, 2.05) is 0 Å². The summed E-state index contributed by atoms with van der Waals surface area (Å²) in [6.07, 6.45) is 7.85. The predicted molar refractivity (Wildman–Crippen MR) is 87.7 cm³/mol. The molecule has 3 rings (SSSR count). The first-order chi connectivity index (χ1) is 11.2. The maximum atomic E-state index is 12.8. The van der Waals surface area contributed by atoms with Gasteiger partial charge in [0.25, 0.3) is 0 Å². The van der Waals surface area contributed by atoms with Crippen molar-refractivity contribution in [2.75, 3.05) is 13.2 Å². The van der Waals surface area contributed by atoms with Crippen LogP contribution in [-0.4, -0.2) is 19.1 Å². The number of unbranched alkanes of at least 4 members (excludes halogenated alkanes) is 1. The molecule has 23 heavy (non-hydrogen) atoms. The Kier molecular flexibility index (Phi) is 5.52. The van der Waals surface area contributed by atoms with Gasteiger partial charge in [-0.2, -0.15) is 0 Å². The van der Waals surface area contributed by atoms with E-state index in [9.17, 15) is 9.18 Å². The number of amides is 1. The second-order valence-electron chi connectivity index (χ2n) is 7.00. The molecule has 3 unspecified atom stereocenters. The van der Waals surface area contributed by atoms with Gasteiger partial charge >= 0.3 is 0 Å². The highest BCUT2D eigenvalue weighted by atomic mass is 19.1. The molecular weight excluding hydrogens is 293 g/mol. The molecule has 2 fully saturated rings. The van der Waals surface area contributed by atoms with E-state index in [0.717, 1.165) is 24.7 Å². The maximum absolute atomic E-state index is 12.8. The van der Waals surface area contributed by atoms with Crippen molar-refractivity contribution in [3.8, 4) is 5.75 Å². The molecule has 2 aliphatic carbocycles. The molecule has 0 aromatic heterocycles. The van der Waals surface area contributed by atoms with Crippen molar-refractivity contribution in [3.05, 3.63) is 30.1 Å². The van der Waals surface area contributed by atoms with Gasteiger partial charge in [0.2, 0.25) is 5.91 Å². The Morgan fingerprint density at radius 2 is 2.00 bits per heavy atom. The van der Waals surface area contributed by atoms with E-state index < -0.39 is 0 Å². The van der Waals surface area contributed by atoms with Gasteiger partial charge < -0.3 is 10.1 Å². The van der Waals surface area contributed by atoms with Gasteiger partial charge in [0, 0.05) is 13.0 Å². The summed E-state index contributed by atoms with van der Waals surface area (Å²) in [4.78, 5) is 12.0. The number of benzene rings is 1. The Morgan fingerprint density at radius 3 is 2.70 bits per heavy atom. The fraction of sp³-hybridized carbons (Fsp3) is 0.632. The normalized spacial score (nSPS) is 25.5. The lowest BCUT2D eigenvalue weighted by atomic mass is 9.86. The van der Waals surface area contributed by atoms with Gasteiger partial charge in [-0.25, -0.2) is 4.39 Å². The Hall–Kier alpha value is -1.58. The topological polar surface area (TPSA) is 38.3 Å². The van der Waals surface area contributed by atoms with E-state index in [0.29, 0.717) is 31.2 Å². The van der Waals surface area contributed by atoms with E-state index in [4.69, 9.17) is 4.74 Å². The highest BCUT2D eigenvalue weighted by Crippen LogP contribution is 2.49. The predicted octanol–water partition coefficient (Wildman–Crippen LogP) is 3.93. The lowest BCUT2D eigenvalue weighted by Gasteiger charge is -2.20. The summed E-state index contributed by atoms with van der Waals surface area (Å²) in [5.41, 5.74) is 0. The fourth-order valence-corrected chi connectivity index (χ4v) is 4.11. The molecule has 0 heterocycles. The van der Waals surface area contributed by atoms with Gasteiger partial charge in [0.05, 0.1) is 6.61 Å². The molecular formula is C19H26FNO2. The number of fused-ring (bicyclic) bond motifs is 2. The second-order valence-corrected chi connectivity index (χ2v) is 7.00. The first-order valence-corrected chi connectivity index (χ1v) is 8.86.